The van der Waals surface area contributed by atoms with Crippen molar-refractivity contribution >= 4 is 11.8 Å². The highest BCUT2D eigenvalue weighted by molar-refractivity contribution is 5.73. The fraction of sp³-hybridized carbons (Fsp3) is 0.722. The number of alkyl halides is 3. The fourth-order valence-corrected chi connectivity index (χ4v) is 3.55. The number of carboxylic acids is 1. The van der Waals surface area contributed by atoms with Gasteiger partial charge in [-0.2, -0.15) is 13.2 Å². The third-order valence-corrected chi connectivity index (χ3v) is 5.13. The van der Waals surface area contributed by atoms with Crippen molar-refractivity contribution in [2.75, 3.05) is 37.7 Å². The van der Waals surface area contributed by atoms with Crippen molar-refractivity contribution in [1.82, 2.24) is 14.9 Å². The zero-order valence-corrected chi connectivity index (χ0v) is 16.1. The molecule has 2 fully saturated rings. The summed E-state index contributed by atoms with van der Waals surface area (Å²) >= 11 is 0. The lowest BCUT2D eigenvalue weighted by molar-refractivity contribution is -0.192. The van der Waals surface area contributed by atoms with E-state index >= 15 is 0 Å². The lowest BCUT2D eigenvalue weighted by Crippen LogP contribution is -2.51. The van der Waals surface area contributed by atoms with Crippen molar-refractivity contribution in [3.05, 3.63) is 18.6 Å². The van der Waals surface area contributed by atoms with E-state index in [-0.39, 0.29) is 0 Å². The van der Waals surface area contributed by atoms with Crippen LogP contribution in [0.25, 0.3) is 0 Å². The first-order chi connectivity index (χ1) is 13.3. The quantitative estimate of drug-likeness (QED) is 0.808. The molecule has 10 heteroatoms. The molecule has 1 N–H and O–H groups in total. The highest BCUT2D eigenvalue weighted by Gasteiger charge is 2.41. The summed E-state index contributed by atoms with van der Waals surface area (Å²) in [6.07, 6.45) is 3.13. The molecule has 0 aliphatic carbocycles. The summed E-state index contributed by atoms with van der Waals surface area (Å²) in [5.74, 6) is -0.970. The van der Waals surface area contributed by atoms with Crippen LogP contribution in [0.4, 0.5) is 19.0 Å². The van der Waals surface area contributed by atoms with Crippen LogP contribution < -0.4 is 4.90 Å². The topological polar surface area (TPSA) is 78.8 Å². The van der Waals surface area contributed by atoms with Crippen molar-refractivity contribution in [2.45, 2.75) is 45.0 Å². The van der Waals surface area contributed by atoms with Crippen LogP contribution in [0.3, 0.4) is 0 Å². The van der Waals surface area contributed by atoms with E-state index in [0.717, 1.165) is 38.0 Å². The third kappa shape index (κ3) is 6.03. The summed E-state index contributed by atoms with van der Waals surface area (Å²) < 4.78 is 37.7. The first kappa shape index (κ1) is 22.4. The Bertz CT molecular complexity index is 614. The fourth-order valence-electron chi connectivity index (χ4n) is 3.55. The minimum Gasteiger partial charge on any atom is -0.475 e. The highest BCUT2D eigenvalue weighted by Crippen LogP contribution is 2.27. The number of ether oxygens (including phenoxy) is 1. The first-order valence-electron chi connectivity index (χ1n) is 9.42. The van der Waals surface area contributed by atoms with Crippen LogP contribution in [0.1, 0.15) is 26.7 Å². The predicted molar refractivity (Wildman–Crippen MR) is 97.1 cm³/mol. The van der Waals surface area contributed by atoms with E-state index in [4.69, 9.17) is 14.6 Å². The van der Waals surface area contributed by atoms with Crippen LogP contribution in [-0.4, -0.2) is 77.1 Å². The van der Waals surface area contributed by atoms with Crippen LogP contribution in [-0.2, 0) is 9.53 Å². The summed E-state index contributed by atoms with van der Waals surface area (Å²) in [5.41, 5.74) is 0. The molecule has 2 atom stereocenters. The van der Waals surface area contributed by atoms with E-state index in [1.807, 2.05) is 6.20 Å². The van der Waals surface area contributed by atoms with Gasteiger partial charge in [-0.25, -0.2) is 9.78 Å². The number of hydrogen-bond donors (Lipinski definition) is 1. The maximum atomic E-state index is 10.6. The van der Waals surface area contributed by atoms with Crippen molar-refractivity contribution in [1.29, 1.82) is 0 Å². The number of morpholine rings is 1. The molecule has 3 rings (SSSR count). The van der Waals surface area contributed by atoms with Crippen molar-refractivity contribution in [2.24, 2.45) is 5.92 Å². The van der Waals surface area contributed by atoms with Crippen LogP contribution in [0.2, 0.25) is 0 Å². The Morgan fingerprint density at radius 3 is 2.54 bits per heavy atom. The maximum Gasteiger partial charge on any atom is 0.490 e. The monoisotopic (exact) mass is 404 g/mol. The van der Waals surface area contributed by atoms with Crippen LogP contribution in [0.5, 0.6) is 0 Å². The lowest BCUT2D eigenvalue weighted by atomic mass is 10.0. The zero-order valence-electron chi connectivity index (χ0n) is 16.1. The van der Waals surface area contributed by atoms with Crippen LogP contribution in [0.15, 0.2) is 18.6 Å². The molecule has 0 saturated carbocycles. The molecule has 0 unspecified atom stereocenters. The van der Waals surface area contributed by atoms with Gasteiger partial charge in [-0.05, 0) is 5.92 Å². The number of halogens is 3. The SMILES string of the molecule is CCC(CC)CN1C[C@@H]2OCCN(c3cnccn3)[C@@H]2C1.O=C(O)C(F)(F)F. The minimum atomic E-state index is -5.08. The van der Waals surface area contributed by atoms with Gasteiger partial charge in [0, 0.05) is 38.6 Å². The number of aromatic nitrogens is 2. The van der Waals surface area contributed by atoms with Crippen LogP contribution >= 0.6 is 0 Å². The van der Waals surface area contributed by atoms with Gasteiger partial charge in [0.05, 0.1) is 24.9 Å². The van der Waals surface area contributed by atoms with E-state index in [1.54, 1.807) is 12.4 Å². The largest absolute Gasteiger partial charge is 0.490 e. The van der Waals surface area contributed by atoms with Crippen molar-refractivity contribution < 1.29 is 27.8 Å². The van der Waals surface area contributed by atoms with E-state index < -0.39 is 12.1 Å². The van der Waals surface area contributed by atoms with E-state index in [9.17, 15) is 13.2 Å². The number of anilines is 1. The van der Waals surface area contributed by atoms with Gasteiger partial charge < -0.3 is 14.7 Å². The molecular weight excluding hydrogens is 377 g/mol. The number of carbonyl (C=O) groups is 1. The summed E-state index contributed by atoms with van der Waals surface area (Å²) in [6, 6.07) is 0.421. The number of nitrogens with zero attached hydrogens (tertiary/aromatic N) is 4. The van der Waals surface area contributed by atoms with Gasteiger partial charge in [-0.1, -0.05) is 26.7 Å². The third-order valence-electron chi connectivity index (χ3n) is 5.13. The Morgan fingerprint density at radius 1 is 1.32 bits per heavy atom. The molecule has 0 spiro atoms. The number of carboxylic acid groups (broad SMARTS) is 1. The smallest absolute Gasteiger partial charge is 0.475 e. The Kier molecular flexibility index (Phi) is 7.99. The molecule has 158 valence electrons. The Morgan fingerprint density at radius 2 is 2.00 bits per heavy atom. The summed E-state index contributed by atoms with van der Waals surface area (Å²) in [6.45, 7) is 9.61. The Hall–Kier alpha value is -1.94. The highest BCUT2D eigenvalue weighted by atomic mass is 19.4. The van der Waals surface area contributed by atoms with Gasteiger partial charge in [0.1, 0.15) is 5.82 Å². The van der Waals surface area contributed by atoms with E-state index in [1.165, 1.54) is 19.4 Å². The average molecular weight is 404 g/mol. The second-order valence-corrected chi connectivity index (χ2v) is 6.94. The molecule has 0 amide bonds. The van der Waals surface area contributed by atoms with Gasteiger partial charge in [0.25, 0.3) is 0 Å². The molecule has 28 heavy (non-hydrogen) atoms. The van der Waals surface area contributed by atoms with Gasteiger partial charge in [-0.15, -0.1) is 0 Å². The number of hydrogen-bond acceptors (Lipinski definition) is 6. The molecule has 0 radical (unpaired) electrons. The van der Waals surface area contributed by atoms with Gasteiger partial charge in [-0.3, -0.25) is 9.88 Å². The molecule has 0 bridgehead atoms. The van der Waals surface area contributed by atoms with E-state index in [0.29, 0.717) is 12.1 Å². The van der Waals surface area contributed by atoms with Gasteiger partial charge in [0.2, 0.25) is 0 Å². The number of aliphatic carboxylic acids is 1. The number of likely N-dealkylation sites (tertiary alicyclic amines) is 1. The Balaban J connectivity index is 0.000000345. The summed E-state index contributed by atoms with van der Waals surface area (Å²) in [4.78, 5) is 22.5. The minimum absolute atomic E-state index is 0.315. The molecule has 2 aliphatic heterocycles. The number of rotatable bonds is 5. The molecule has 2 saturated heterocycles. The summed E-state index contributed by atoms with van der Waals surface area (Å²) in [7, 11) is 0. The average Bonchev–Trinajstić information content (AvgIpc) is 3.09. The molecule has 0 aromatic carbocycles. The molecule has 3 heterocycles. The molecule has 1 aromatic rings. The maximum absolute atomic E-state index is 10.6. The Labute approximate surface area is 162 Å². The van der Waals surface area contributed by atoms with Crippen molar-refractivity contribution in [3.8, 4) is 0 Å². The lowest BCUT2D eigenvalue weighted by Gasteiger charge is -2.37. The molecule has 1 aromatic heterocycles. The second kappa shape index (κ2) is 10.0. The molecule has 7 nitrogen and oxygen atoms in total. The van der Waals surface area contributed by atoms with E-state index in [2.05, 4.69) is 33.6 Å². The molecular formula is C18H27F3N4O3. The summed E-state index contributed by atoms with van der Waals surface area (Å²) in [5, 5.41) is 7.12. The molecule has 2 aliphatic rings. The standard InChI is InChI=1S/C16H26N4O.C2HF3O2/c1-3-13(4-2)10-19-11-14-15(12-19)21-8-7-20(14)16-9-17-5-6-18-16;3-2(4,5)1(6)7/h5-6,9,13-15H,3-4,7-8,10-12H2,1-2H3;(H,6,7)/t14-,15+;/m1./s1. The zero-order chi connectivity index (χ0) is 20.7. The second-order valence-electron chi connectivity index (χ2n) is 6.94. The van der Waals surface area contributed by atoms with Gasteiger partial charge in [0.15, 0.2) is 0 Å². The first-order valence-corrected chi connectivity index (χ1v) is 9.42. The van der Waals surface area contributed by atoms with Crippen molar-refractivity contribution in [3.63, 3.8) is 0 Å². The normalized spacial score (nSPS) is 22.6. The van der Waals surface area contributed by atoms with Gasteiger partial charge >= 0.3 is 12.1 Å². The number of fused-ring (bicyclic) bond motifs is 1. The van der Waals surface area contributed by atoms with Crippen LogP contribution in [0, 0.1) is 5.92 Å². The predicted octanol–water partition coefficient (Wildman–Crippen LogP) is 2.44.